The molecule has 1 heterocycles. The maximum atomic E-state index is 10.8. The predicted molar refractivity (Wildman–Crippen MR) is 58.7 cm³/mol. The monoisotopic (exact) mass is 211 g/mol. The summed E-state index contributed by atoms with van der Waals surface area (Å²) in [4.78, 5) is 13.0. The molecule has 1 aliphatic carbocycles. The first kappa shape index (κ1) is 10.9. The summed E-state index contributed by atoms with van der Waals surface area (Å²) in [5.41, 5.74) is 0. The number of aliphatic carboxylic acids is 1. The zero-order valence-electron chi connectivity index (χ0n) is 9.48. The Hall–Kier alpha value is -0.570. The summed E-state index contributed by atoms with van der Waals surface area (Å²) >= 11 is 0. The maximum Gasteiger partial charge on any atom is 0.317 e. The first-order valence-electron chi connectivity index (χ1n) is 6.14. The highest BCUT2D eigenvalue weighted by molar-refractivity contribution is 5.69. The fourth-order valence-corrected chi connectivity index (χ4v) is 3.38. The van der Waals surface area contributed by atoms with E-state index in [-0.39, 0.29) is 6.54 Å². The molecule has 0 amide bonds. The summed E-state index contributed by atoms with van der Waals surface area (Å²) in [5, 5.41) is 8.88. The first-order chi connectivity index (χ1) is 7.18. The van der Waals surface area contributed by atoms with Gasteiger partial charge in [0, 0.05) is 6.04 Å². The van der Waals surface area contributed by atoms with E-state index in [1.54, 1.807) is 0 Å². The molecule has 0 spiro atoms. The van der Waals surface area contributed by atoms with Crippen molar-refractivity contribution in [1.82, 2.24) is 4.90 Å². The normalized spacial score (nSPS) is 37.3. The number of carboxylic acid groups (broad SMARTS) is 1. The second-order valence-corrected chi connectivity index (χ2v) is 5.15. The second kappa shape index (κ2) is 4.52. The quantitative estimate of drug-likeness (QED) is 0.759. The Bertz CT molecular complexity index is 242. The van der Waals surface area contributed by atoms with Crippen molar-refractivity contribution in [1.29, 1.82) is 0 Å². The lowest BCUT2D eigenvalue weighted by atomic mass is 9.72. The van der Waals surface area contributed by atoms with E-state index in [2.05, 4.69) is 11.8 Å². The molecule has 1 saturated heterocycles. The van der Waals surface area contributed by atoms with Gasteiger partial charge in [-0.3, -0.25) is 9.69 Å². The molecular formula is C12H21NO2. The van der Waals surface area contributed by atoms with Crippen LogP contribution in [0.1, 0.15) is 39.0 Å². The van der Waals surface area contributed by atoms with Gasteiger partial charge in [-0.25, -0.2) is 0 Å². The van der Waals surface area contributed by atoms with E-state index in [4.69, 9.17) is 5.11 Å². The van der Waals surface area contributed by atoms with Gasteiger partial charge in [-0.05, 0) is 37.6 Å². The highest BCUT2D eigenvalue weighted by Gasteiger charge is 2.37. The van der Waals surface area contributed by atoms with Gasteiger partial charge >= 0.3 is 5.97 Å². The van der Waals surface area contributed by atoms with Crippen molar-refractivity contribution in [2.45, 2.75) is 45.1 Å². The number of hydrogen-bond acceptors (Lipinski definition) is 2. The molecule has 0 radical (unpaired) electrons. The third-order valence-corrected chi connectivity index (χ3v) is 4.19. The van der Waals surface area contributed by atoms with E-state index in [9.17, 15) is 4.79 Å². The standard InChI is InChI=1S/C12H21NO2/c1-9-6-7-13(8-12(14)15)11-5-3-2-4-10(9)11/h9-11H,2-8H2,1H3,(H,14,15)/t9-,10-,11-/m1/s1. The van der Waals surface area contributed by atoms with Crippen LogP contribution in [-0.2, 0) is 4.79 Å². The topological polar surface area (TPSA) is 40.5 Å². The largest absolute Gasteiger partial charge is 0.480 e. The van der Waals surface area contributed by atoms with Gasteiger partial charge in [0.1, 0.15) is 0 Å². The fourth-order valence-electron chi connectivity index (χ4n) is 3.38. The third-order valence-electron chi connectivity index (χ3n) is 4.19. The predicted octanol–water partition coefficient (Wildman–Crippen LogP) is 1.97. The Morgan fingerprint density at radius 3 is 2.80 bits per heavy atom. The fraction of sp³-hybridized carbons (Fsp3) is 0.917. The van der Waals surface area contributed by atoms with Crippen molar-refractivity contribution in [2.75, 3.05) is 13.1 Å². The van der Waals surface area contributed by atoms with Gasteiger partial charge in [0.05, 0.1) is 6.54 Å². The van der Waals surface area contributed by atoms with E-state index >= 15 is 0 Å². The zero-order chi connectivity index (χ0) is 10.8. The molecule has 0 unspecified atom stereocenters. The Kier molecular flexibility index (Phi) is 3.29. The number of fused-ring (bicyclic) bond motifs is 1. The van der Waals surface area contributed by atoms with Crippen molar-refractivity contribution in [3.05, 3.63) is 0 Å². The highest BCUT2D eigenvalue weighted by Crippen LogP contribution is 2.38. The van der Waals surface area contributed by atoms with Gasteiger partial charge in [-0.1, -0.05) is 19.8 Å². The molecule has 2 fully saturated rings. The number of piperidine rings is 1. The van der Waals surface area contributed by atoms with Gasteiger partial charge < -0.3 is 5.11 Å². The van der Waals surface area contributed by atoms with Crippen molar-refractivity contribution in [2.24, 2.45) is 11.8 Å². The second-order valence-electron chi connectivity index (χ2n) is 5.15. The van der Waals surface area contributed by atoms with Crippen molar-refractivity contribution < 1.29 is 9.90 Å². The zero-order valence-corrected chi connectivity index (χ0v) is 9.48. The van der Waals surface area contributed by atoms with E-state index < -0.39 is 5.97 Å². The lowest BCUT2D eigenvalue weighted by molar-refractivity contribution is -0.140. The van der Waals surface area contributed by atoms with Crippen LogP contribution >= 0.6 is 0 Å². The SMILES string of the molecule is C[C@@H]1CCN(CC(=O)O)[C@@H]2CCCC[C@H]12. The van der Waals surface area contributed by atoms with Crippen LogP contribution in [0.2, 0.25) is 0 Å². The molecule has 3 atom stereocenters. The minimum absolute atomic E-state index is 0.244. The van der Waals surface area contributed by atoms with Crippen LogP contribution in [0.4, 0.5) is 0 Å². The average molecular weight is 211 g/mol. The van der Waals surface area contributed by atoms with Gasteiger partial charge in [-0.2, -0.15) is 0 Å². The molecule has 1 N–H and O–H groups in total. The molecule has 2 aliphatic rings. The number of hydrogen-bond donors (Lipinski definition) is 1. The summed E-state index contributed by atoms with van der Waals surface area (Å²) in [6.45, 7) is 3.56. The van der Waals surface area contributed by atoms with Crippen LogP contribution in [-0.4, -0.2) is 35.1 Å². The summed E-state index contributed by atoms with van der Waals surface area (Å²) in [6.07, 6.45) is 6.31. The maximum absolute atomic E-state index is 10.8. The van der Waals surface area contributed by atoms with Crippen molar-refractivity contribution in [3.8, 4) is 0 Å². The number of carbonyl (C=O) groups is 1. The number of likely N-dealkylation sites (tertiary alicyclic amines) is 1. The summed E-state index contributed by atoms with van der Waals surface area (Å²) < 4.78 is 0. The Morgan fingerprint density at radius 2 is 2.07 bits per heavy atom. The molecule has 86 valence electrons. The third kappa shape index (κ3) is 2.33. The van der Waals surface area contributed by atoms with Crippen molar-refractivity contribution in [3.63, 3.8) is 0 Å². The molecule has 0 aromatic rings. The molecule has 3 nitrogen and oxygen atoms in total. The van der Waals surface area contributed by atoms with Crippen LogP contribution in [0.25, 0.3) is 0 Å². The van der Waals surface area contributed by atoms with Crippen LogP contribution in [0, 0.1) is 11.8 Å². The lowest BCUT2D eigenvalue weighted by Gasteiger charge is -2.46. The molecule has 1 saturated carbocycles. The average Bonchev–Trinajstić information content (AvgIpc) is 2.22. The van der Waals surface area contributed by atoms with E-state index in [0.717, 1.165) is 18.4 Å². The number of nitrogens with zero attached hydrogens (tertiary/aromatic N) is 1. The molecule has 0 bridgehead atoms. The van der Waals surface area contributed by atoms with Crippen molar-refractivity contribution >= 4 is 5.97 Å². The lowest BCUT2D eigenvalue weighted by Crippen LogP contribution is -2.51. The molecular weight excluding hydrogens is 190 g/mol. The molecule has 2 rings (SSSR count). The van der Waals surface area contributed by atoms with Gasteiger partial charge in [0.2, 0.25) is 0 Å². The Morgan fingerprint density at radius 1 is 1.33 bits per heavy atom. The van der Waals surface area contributed by atoms with E-state index in [1.165, 1.54) is 32.1 Å². The number of rotatable bonds is 2. The Balaban J connectivity index is 2.03. The highest BCUT2D eigenvalue weighted by atomic mass is 16.4. The summed E-state index contributed by atoms with van der Waals surface area (Å²) in [7, 11) is 0. The minimum atomic E-state index is -0.672. The summed E-state index contributed by atoms with van der Waals surface area (Å²) in [6, 6.07) is 0.554. The molecule has 15 heavy (non-hydrogen) atoms. The van der Waals surface area contributed by atoms with E-state index in [0.29, 0.717) is 6.04 Å². The number of carboxylic acids is 1. The Labute approximate surface area is 91.5 Å². The van der Waals surface area contributed by atoms with E-state index in [1.807, 2.05) is 0 Å². The van der Waals surface area contributed by atoms with Gasteiger partial charge in [0.15, 0.2) is 0 Å². The van der Waals surface area contributed by atoms with Gasteiger partial charge in [0.25, 0.3) is 0 Å². The van der Waals surface area contributed by atoms with Crippen LogP contribution in [0.15, 0.2) is 0 Å². The first-order valence-corrected chi connectivity index (χ1v) is 6.14. The molecule has 0 aromatic carbocycles. The smallest absolute Gasteiger partial charge is 0.317 e. The minimum Gasteiger partial charge on any atom is -0.480 e. The summed E-state index contributed by atoms with van der Waals surface area (Å²) in [5.74, 6) is 0.876. The molecule has 3 heteroatoms. The molecule has 1 aliphatic heterocycles. The molecule has 0 aromatic heterocycles. The van der Waals surface area contributed by atoms with Gasteiger partial charge in [-0.15, -0.1) is 0 Å². The van der Waals surface area contributed by atoms with Crippen LogP contribution in [0.3, 0.4) is 0 Å². The van der Waals surface area contributed by atoms with Crippen LogP contribution < -0.4 is 0 Å². The van der Waals surface area contributed by atoms with Crippen LogP contribution in [0.5, 0.6) is 0 Å².